The molecule has 36 heavy (non-hydrogen) atoms. The van der Waals surface area contributed by atoms with E-state index in [-0.39, 0.29) is 37.1 Å². The minimum Gasteiger partial charge on any atom is -0.454 e. The first-order valence-corrected chi connectivity index (χ1v) is 11.2. The highest BCUT2D eigenvalue weighted by Crippen LogP contribution is 2.45. The number of carbonyl (C=O) groups is 2. The SMILES string of the molecule is CCC(=O)Nc1cccc(NC(=O)c2cc3n(n2)C(C(F)(F)F)CC(c2ccc4c(c2)OCO4)N3)c1. The maximum Gasteiger partial charge on any atom is 0.410 e. The Kier molecular flexibility index (Phi) is 5.94. The molecule has 0 aliphatic carbocycles. The molecule has 188 valence electrons. The number of hydrogen-bond acceptors (Lipinski definition) is 6. The number of anilines is 3. The van der Waals surface area contributed by atoms with Crippen LogP contribution >= 0.6 is 0 Å². The average Bonchev–Trinajstić information content (AvgIpc) is 3.49. The monoisotopic (exact) mass is 501 g/mol. The van der Waals surface area contributed by atoms with Crippen LogP contribution in [0.4, 0.5) is 30.4 Å². The number of amides is 2. The Morgan fingerprint density at radius 2 is 1.83 bits per heavy atom. The van der Waals surface area contributed by atoms with Gasteiger partial charge in [0.25, 0.3) is 5.91 Å². The van der Waals surface area contributed by atoms with Crippen LogP contribution < -0.4 is 25.4 Å². The van der Waals surface area contributed by atoms with Gasteiger partial charge in [0.2, 0.25) is 12.7 Å². The molecule has 0 radical (unpaired) electrons. The number of alkyl halides is 3. The van der Waals surface area contributed by atoms with E-state index in [4.69, 9.17) is 9.47 Å². The second-order valence-electron chi connectivity index (χ2n) is 8.40. The summed E-state index contributed by atoms with van der Waals surface area (Å²) in [6.07, 6.45) is -4.62. The Balaban J connectivity index is 1.39. The van der Waals surface area contributed by atoms with Gasteiger partial charge in [0.05, 0.1) is 6.04 Å². The Bertz CT molecular complexity index is 1320. The summed E-state index contributed by atoms with van der Waals surface area (Å²) in [5.74, 6) is 0.193. The Labute approximate surface area is 203 Å². The molecule has 3 aromatic rings. The fraction of sp³-hybridized carbons (Fsp3) is 0.292. The van der Waals surface area contributed by atoms with Crippen molar-refractivity contribution >= 4 is 29.0 Å². The molecule has 12 heteroatoms. The molecule has 0 saturated carbocycles. The maximum absolute atomic E-state index is 14.0. The van der Waals surface area contributed by atoms with Crippen molar-refractivity contribution in [2.45, 2.75) is 38.0 Å². The van der Waals surface area contributed by atoms with E-state index in [1.54, 1.807) is 49.4 Å². The second-order valence-corrected chi connectivity index (χ2v) is 8.40. The normalized spacial score (nSPS) is 18.2. The van der Waals surface area contributed by atoms with E-state index in [2.05, 4.69) is 21.0 Å². The third-order valence-corrected chi connectivity index (χ3v) is 5.95. The van der Waals surface area contributed by atoms with Gasteiger partial charge >= 0.3 is 6.18 Å². The summed E-state index contributed by atoms with van der Waals surface area (Å²) in [5.41, 5.74) is 1.26. The van der Waals surface area contributed by atoms with Gasteiger partial charge in [-0.25, -0.2) is 4.68 Å². The Morgan fingerprint density at radius 1 is 1.08 bits per heavy atom. The highest BCUT2D eigenvalue weighted by Gasteiger charge is 2.47. The molecule has 5 rings (SSSR count). The third kappa shape index (κ3) is 4.66. The highest BCUT2D eigenvalue weighted by molar-refractivity contribution is 6.04. The van der Waals surface area contributed by atoms with Crippen molar-refractivity contribution in [2.24, 2.45) is 0 Å². The van der Waals surface area contributed by atoms with Crippen molar-refractivity contribution in [1.82, 2.24) is 9.78 Å². The second kappa shape index (κ2) is 9.10. The van der Waals surface area contributed by atoms with E-state index in [0.717, 1.165) is 4.68 Å². The first-order valence-electron chi connectivity index (χ1n) is 11.2. The van der Waals surface area contributed by atoms with Gasteiger partial charge in [-0.3, -0.25) is 9.59 Å². The van der Waals surface area contributed by atoms with Crippen LogP contribution in [0.15, 0.2) is 48.5 Å². The van der Waals surface area contributed by atoms with Gasteiger partial charge in [-0.05, 0) is 35.9 Å². The molecule has 0 spiro atoms. The predicted molar refractivity (Wildman–Crippen MR) is 124 cm³/mol. The fourth-order valence-electron chi connectivity index (χ4n) is 4.15. The number of nitrogens with zero attached hydrogens (tertiary/aromatic N) is 2. The van der Waals surface area contributed by atoms with Crippen molar-refractivity contribution < 1.29 is 32.2 Å². The van der Waals surface area contributed by atoms with Crippen LogP contribution in [-0.2, 0) is 4.79 Å². The molecule has 0 bridgehead atoms. The summed E-state index contributed by atoms with van der Waals surface area (Å²) >= 11 is 0. The summed E-state index contributed by atoms with van der Waals surface area (Å²) < 4.78 is 53.4. The van der Waals surface area contributed by atoms with Crippen LogP contribution in [0.2, 0.25) is 0 Å². The molecule has 2 aliphatic rings. The summed E-state index contributed by atoms with van der Waals surface area (Å²) in [6.45, 7) is 1.77. The number of rotatable bonds is 5. The van der Waals surface area contributed by atoms with Gasteiger partial charge in [0.15, 0.2) is 23.2 Å². The molecular weight excluding hydrogens is 479 g/mol. The van der Waals surface area contributed by atoms with Crippen molar-refractivity contribution in [3.63, 3.8) is 0 Å². The van der Waals surface area contributed by atoms with Gasteiger partial charge in [-0.1, -0.05) is 19.1 Å². The lowest BCUT2D eigenvalue weighted by Gasteiger charge is -2.33. The van der Waals surface area contributed by atoms with E-state index in [1.165, 1.54) is 6.07 Å². The standard InChI is InChI=1S/C24H22F3N5O4/c1-2-22(33)28-14-4-3-5-15(9-14)29-23(34)17-11-21-30-16(10-20(24(25,26)27)32(21)31-17)13-6-7-18-19(8-13)36-12-35-18/h3-9,11,16,20,30H,2,10,12H2,1H3,(H,28,33)(H,29,34). The smallest absolute Gasteiger partial charge is 0.410 e. The zero-order valence-electron chi connectivity index (χ0n) is 19.1. The predicted octanol–water partition coefficient (Wildman–Crippen LogP) is 4.87. The van der Waals surface area contributed by atoms with E-state index in [1.807, 2.05) is 0 Å². The van der Waals surface area contributed by atoms with Crippen LogP contribution in [0.3, 0.4) is 0 Å². The lowest BCUT2D eigenvalue weighted by Crippen LogP contribution is -2.35. The number of fused-ring (bicyclic) bond motifs is 2. The molecule has 1 aromatic heterocycles. The molecule has 2 amide bonds. The summed E-state index contributed by atoms with van der Waals surface area (Å²) in [7, 11) is 0. The van der Waals surface area contributed by atoms with E-state index < -0.39 is 24.2 Å². The zero-order chi connectivity index (χ0) is 25.4. The fourth-order valence-corrected chi connectivity index (χ4v) is 4.15. The van der Waals surface area contributed by atoms with Gasteiger partial charge in [0, 0.05) is 30.3 Å². The maximum atomic E-state index is 14.0. The topological polar surface area (TPSA) is 107 Å². The molecule has 2 unspecified atom stereocenters. The third-order valence-electron chi connectivity index (χ3n) is 5.95. The van der Waals surface area contributed by atoms with E-state index in [9.17, 15) is 22.8 Å². The summed E-state index contributed by atoms with van der Waals surface area (Å²) in [4.78, 5) is 24.5. The van der Waals surface area contributed by atoms with Crippen molar-refractivity contribution in [3.05, 3.63) is 59.8 Å². The average molecular weight is 501 g/mol. The highest BCUT2D eigenvalue weighted by atomic mass is 19.4. The molecule has 2 aliphatic heterocycles. The Morgan fingerprint density at radius 3 is 2.58 bits per heavy atom. The van der Waals surface area contributed by atoms with Gasteiger partial charge < -0.3 is 25.4 Å². The number of aromatic nitrogens is 2. The van der Waals surface area contributed by atoms with Crippen LogP contribution in [0, 0.1) is 0 Å². The number of carbonyl (C=O) groups excluding carboxylic acids is 2. The van der Waals surface area contributed by atoms with Crippen LogP contribution in [-0.4, -0.2) is 34.6 Å². The summed E-state index contributed by atoms with van der Waals surface area (Å²) in [6, 6.07) is 10.1. The van der Waals surface area contributed by atoms with E-state index >= 15 is 0 Å². The lowest BCUT2D eigenvalue weighted by molar-refractivity contribution is -0.173. The van der Waals surface area contributed by atoms with Crippen molar-refractivity contribution in [1.29, 1.82) is 0 Å². The van der Waals surface area contributed by atoms with Crippen LogP contribution in [0.1, 0.15) is 47.9 Å². The largest absolute Gasteiger partial charge is 0.454 e. The van der Waals surface area contributed by atoms with Gasteiger partial charge in [-0.2, -0.15) is 18.3 Å². The molecule has 0 fully saturated rings. The van der Waals surface area contributed by atoms with Crippen LogP contribution in [0.5, 0.6) is 11.5 Å². The molecule has 0 saturated heterocycles. The first kappa shape index (κ1) is 23.5. The minimum atomic E-state index is -4.59. The molecule has 2 atom stereocenters. The number of halogens is 3. The van der Waals surface area contributed by atoms with Crippen LogP contribution in [0.25, 0.3) is 0 Å². The number of hydrogen-bond donors (Lipinski definition) is 3. The zero-order valence-corrected chi connectivity index (χ0v) is 19.1. The molecule has 2 aromatic carbocycles. The number of benzene rings is 2. The number of nitrogens with one attached hydrogen (secondary N) is 3. The van der Waals surface area contributed by atoms with E-state index in [0.29, 0.717) is 28.4 Å². The van der Waals surface area contributed by atoms with Gasteiger partial charge in [0.1, 0.15) is 5.82 Å². The molecule has 3 N–H and O–H groups in total. The first-order chi connectivity index (χ1) is 17.2. The lowest BCUT2D eigenvalue weighted by atomic mass is 9.96. The van der Waals surface area contributed by atoms with Crippen molar-refractivity contribution in [2.75, 3.05) is 22.7 Å². The molecule has 3 heterocycles. The summed E-state index contributed by atoms with van der Waals surface area (Å²) in [5, 5.41) is 12.3. The van der Waals surface area contributed by atoms with Gasteiger partial charge in [-0.15, -0.1) is 0 Å². The Hall–Kier alpha value is -4.22. The quantitative estimate of drug-likeness (QED) is 0.461. The minimum absolute atomic E-state index is 0.0567. The number of ether oxygens (including phenoxy) is 2. The molecule has 9 nitrogen and oxygen atoms in total. The van der Waals surface area contributed by atoms with Crippen molar-refractivity contribution in [3.8, 4) is 11.5 Å². The molecular formula is C24H22F3N5O4.